The van der Waals surface area contributed by atoms with E-state index in [1.807, 2.05) is 40.5 Å². The highest BCUT2D eigenvalue weighted by Crippen LogP contribution is 2.20. The van der Waals surface area contributed by atoms with Crippen LogP contribution in [-0.2, 0) is 17.8 Å². The van der Waals surface area contributed by atoms with Crippen LogP contribution >= 0.6 is 11.3 Å². The number of hydrogen-bond acceptors (Lipinski definition) is 3. The topological polar surface area (TPSA) is 46.9 Å². The summed E-state index contributed by atoms with van der Waals surface area (Å²) in [5.41, 5.74) is 1.93. The molecular formula is C20H17N3OS. The van der Waals surface area contributed by atoms with Gasteiger partial charge in [0.1, 0.15) is 0 Å². The fourth-order valence-corrected chi connectivity index (χ4v) is 3.60. The Morgan fingerprint density at radius 2 is 1.96 bits per heavy atom. The molecule has 0 aliphatic carbocycles. The summed E-state index contributed by atoms with van der Waals surface area (Å²) in [7, 11) is 0. The molecule has 1 amide bonds. The Hall–Kier alpha value is -2.92. The summed E-state index contributed by atoms with van der Waals surface area (Å²) in [6.07, 6.45) is 3.96. The van der Waals surface area contributed by atoms with Gasteiger partial charge in [0.2, 0.25) is 5.91 Å². The van der Waals surface area contributed by atoms with E-state index in [1.54, 1.807) is 17.5 Å². The van der Waals surface area contributed by atoms with Crippen molar-refractivity contribution in [2.24, 2.45) is 0 Å². The number of nitrogens with zero attached hydrogens (tertiary/aromatic N) is 2. The Morgan fingerprint density at radius 1 is 1.08 bits per heavy atom. The quantitative estimate of drug-likeness (QED) is 0.584. The van der Waals surface area contributed by atoms with E-state index in [-0.39, 0.29) is 5.91 Å². The number of fused-ring (bicyclic) bond motifs is 1. The maximum atomic E-state index is 12.1. The smallest absolute Gasteiger partial charge is 0.229 e. The molecule has 4 nitrogen and oxygen atoms in total. The molecule has 2 aromatic heterocycles. The van der Waals surface area contributed by atoms with Crippen LogP contribution in [-0.4, -0.2) is 15.7 Å². The minimum absolute atomic E-state index is 0.0211. The number of anilines is 1. The minimum Gasteiger partial charge on any atom is -0.323 e. The Labute approximate surface area is 149 Å². The van der Waals surface area contributed by atoms with Crippen LogP contribution in [0.3, 0.4) is 0 Å². The van der Waals surface area contributed by atoms with Gasteiger partial charge in [0.05, 0.1) is 24.8 Å². The fraction of sp³-hybridized carbons (Fsp3) is 0.100. The van der Waals surface area contributed by atoms with E-state index in [0.717, 1.165) is 10.6 Å². The van der Waals surface area contributed by atoms with E-state index >= 15 is 0 Å². The van der Waals surface area contributed by atoms with Gasteiger partial charge in [0, 0.05) is 11.1 Å². The molecular weight excluding hydrogens is 330 g/mol. The monoisotopic (exact) mass is 347 g/mol. The Morgan fingerprint density at radius 3 is 2.84 bits per heavy atom. The van der Waals surface area contributed by atoms with Crippen LogP contribution in [0, 0.1) is 0 Å². The Bertz CT molecular complexity index is 999. The fourth-order valence-electron chi connectivity index (χ4n) is 2.90. The zero-order valence-electron chi connectivity index (χ0n) is 13.6. The summed E-state index contributed by atoms with van der Waals surface area (Å²) in [6.45, 7) is 0.669. The molecule has 124 valence electrons. The summed E-state index contributed by atoms with van der Waals surface area (Å²) in [5, 5.41) is 11.7. The largest absolute Gasteiger partial charge is 0.323 e. The third kappa shape index (κ3) is 3.61. The van der Waals surface area contributed by atoms with Crippen molar-refractivity contribution in [3.8, 4) is 0 Å². The van der Waals surface area contributed by atoms with Gasteiger partial charge in [0.15, 0.2) is 0 Å². The molecule has 25 heavy (non-hydrogen) atoms. The van der Waals surface area contributed by atoms with Crippen LogP contribution in [0.1, 0.15) is 10.4 Å². The summed E-state index contributed by atoms with van der Waals surface area (Å²) < 4.78 is 1.85. The highest BCUT2D eigenvalue weighted by Gasteiger charge is 2.08. The van der Waals surface area contributed by atoms with Gasteiger partial charge in [-0.25, -0.2) is 0 Å². The zero-order valence-corrected chi connectivity index (χ0v) is 14.4. The van der Waals surface area contributed by atoms with Gasteiger partial charge >= 0.3 is 0 Å². The summed E-state index contributed by atoms with van der Waals surface area (Å²) in [6, 6.07) is 18.5. The van der Waals surface area contributed by atoms with E-state index < -0.39 is 0 Å². The van der Waals surface area contributed by atoms with Crippen molar-refractivity contribution in [3.63, 3.8) is 0 Å². The second-order valence-corrected chi connectivity index (χ2v) is 6.90. The summed E-state index contributed by atoms with van der Waals surface area (Å²) in [4.78, 5) is 13.1. The highest BCUT2D eigenvalue weighted by atomic mass is 32.1. The number of nitrogens with one attached hydrogen (secondary N) is 1. The number of carbonyl (C=O) groups is 1. The van der Waals surface area contributed by atoms with Crippen molar-refractivity contribution in [1.82, 2.24) is 9.78 Å². The lowest BCUT2D eigenvalue weighted by molar-refractivity contribution is -0.115. The van der Waals surface area contributed by atoms with E-state index in [0.29, 0.717) is 13.0 Å². The number of aromatic nitrogens is 2. The molecule has 0 atom stereocenters. The SMILES string of the molecule is O=C(Cc1cccs1)Nc1cnn(Cc2cccc3ccccc23)c1. The predicted octanol–water partition coefficient (Wildman–Crippen LogP) is 4.33. The number of hydrogen-bond donors (Lipinski definition) is 1. The zero-order chi connectivity index (χ0) is 17.1. The number of benzene rings is 2. The molecule has 4 aromatic rings. The molecule has 2 aromatic carbocycles. The first-order valence-corrected chi connectivity index (χ1v) is 8.97. The lowest BCUT2D eigenvalue weighted by Crippen LogP contribution is -2.13. The third-order valence-electron chi connectivity index (χ3n) is 4.04. The van der Waals surface area contributed by atoms with Gasteiger partial charge in [-0.3, -0.25) is 9.48 Å². The molecule has 0 saturated heterocycles. The van der Waals surface area contributed by atoms with E-state index in [4.69, 9.17) is 0 Å². The third-order valence-corrected chi connectivity index (χ3v) is 4.92. The molecule has 4 rings (SSSR count). The molecule has 2 heterocycles. The lowest BCUT2D eigenvalue weighted by Gasteiger charge is -2.06. The molecule has 0 unspecified atom stereocenters. The first-order chi connectivity index (χ1) is 12.3. The molecule has 0 saturated carbocycles. The van der Waals surface area contributed by atoms with Gasteiger partial charge in [-0.1, -0.05) is 48.5 Å². The normalized spacial score (nSPS) is 10.9. The molecule has 1 N–H and O–H groups in total. The van der Waals surface area contributed by atoms with E-state index in [2.05, 4.69) is 40.7 Å². The van der Waals surface area contributed by atoms with Crippen LogP contribution in [0.2, 0.25) is 0 Å². The van der Waals surface area contributed by atoms with Gasteiger partial charge in [-0.2, -0.15) is 5.10 Å². The molecule has 0 fully saturated rings. The minimum atomic E-state index is -0.0211. The van der Waals surface area contributed by atoms with Crippen LogP contribution in [0.25, 0.3) is 10.8 Å². The van der Waals surface area contributed by atoms with Crippen LogP contribution < -0.4 is 5.32 Å². The van der Waals surface area contributed by atoms with Crippen LogP contribution in [0.15, 0.2) is 72.4 Å². The van der Waals surface area contributed by atoms with E-state index in [1.165, 1.54) is 16.3 Å². The van der Waals surface area contributed by atoms with Crippen molar-refractivity contribution in [3.05, 3.63) is 82.8 Å². The average Bonchev–Trinajstić information content (AvgIpc) is 3.27. The number of thiophene rings is 1. The summed E-state index contributed by atoms with van der Waals surface area (Å²) in [5.74, 6) is -0.0211. The molecule has 0 spiro atoms. The Balaban J connectivity index is 1.47. The first-order valence-electron chi connectivity index (χ1n) is 8.09. The second kappa shape index (κ2) is 6.91. The van der Waals surface area contributed by atoms with Gasteiger partial charge in [-0.15, -0.1) is 11.3 Å². The number of rotatable bonds is 5. The van der Waals surface area contributed by atoms with Crippen molar-refractivity contribution in [1.29, 1.82) is 0 Å². The standard InChI is InChI=1S/C20H17N3OS/c24-20(11-18-8-4-10-25-18)22-17-12-21-23(14-17)13-16-7-3-6-15-5-1-2-9-19(15)16/h1-10,12,14H,11,13H2,(H,22,24). The molecule has 0 aliphatic heterocycles. The molecule has 0 radical (unpaired) electrons. The molecule has 5 heteroatoms. The Kier molecular flexibility index (Phi) is 4.31. The maximum absolute atomic E-state index is 12.1. The van der Waals surface area contributed by atoms with Gasteiger partial charge < -0.3 is 5.32 Å². The van der Waals surface area contributed by atoms with Crippen molar-refractivity contribution >= 4 is 33.7 Å². The first kappa shape index (κ1) is 15.6. The maximum Gasteiger partial charge on any atom is 0.229 e. The van der Waals surface area contributed by atoms with E-state index in [9.17, 15) is 4.79 Å². The number of carbonyl (C=O) groups excluding carboxylic acids is 1. The second-order valence-electron chi connectivity index (χ2n) is 5.87. The molecule has 0 aliphatic rings. The van der Waals surface area contributed by atoms with Gasteiger partial charge in [-0.05, 0) is 27.8 Å². The highest BCUT2D eigenvalue weighted by molar-refractivity contribution is 7.10. The van der Waals surface area contributed by atoms with Crippen LogP contribution in [0.5, 0.6) is 0 Å². The molecule has 0 bridgehead atoms. The predicted molar refractivity (Wildman–Crippen MR) is 102 cm³/mol. The van der Waals surface area contributed by atoms with Crippen molar-refractivity contribution in [2.45, 2.75) is 13.0 Å². The lowest BCUT2D eigenvalue weighted by atomic mass is 10.0. The van der Waals surface area contributed by atoms with Crippen molar-refractivity contribution < 1.29 is 4.79 Å². The average molecular weight is 347 g/mol. The van der Waals surface area contributed by atoms with Crippen LogP contribution in [0.4, 0.5) is 5.69 Å². The number of amides is 1. The van der Waals surface area contributed by atoms with Crippen molar-refractivity contribution in [2.75, 3.05) is 5.32 Å². The summed E-state index contributed by atoms with van der Waals surface area (Å²) >= 11 is 1.59. The van der Waals surface area contributed by atoms with Gasteiger partial charge in [0.25, 0.3) is 0 Å².